The van der Waals surface area contributed by atoms with Gasteiger partial charge in [0.25, 0.3) is 0 Å². The molecule has 7 heteroatoms. The maximum absolute atomic E-state index is 13.2. The van der Waals surface area contributed by atoms with Gasteiger partial charge in [0, 0.05) is 5.56 Å². The summed E-state index contributed by atoms with van der Waals surface area (Å²) in [4.78, 5) is 11.5. The van der Waals surface area contributed by atoms with E-state index in [1.807, 2.05) is 0 Å². The van der Waals surface area contributed by atoms with E-state index in [0.717, 1.165) is 5.01 Å². The molecule has 2 amide bonds. The quantitative estimate of drug-likeness (QED) is 0.521. The van der Waals surface area contributed by atoms with Crippen LogP contribution in [-0.2, 0) is 6.61 Å². The molecule has 0 heterocycles. The Labute approximate surface area is 97.5 Å². The van der Waals surface area contributed by atoms with E-state index in [-0.39, 0.29) is 12.2 Å². The zero-order valence-corrected chi connectivity index (χ0v) is 9.57. The first-order valence-corrected chi connectivity index (χ1v) is 4.85. The molecular formula is C10H14FN4O2+. The second-order valence-electron chi connectivity index (χ2n) is 3.43. The third kappa shape index (κ3) is 2.76. The number of nitrogens with zero attached hydrogens (tertiary/aromatic N) is 2. The lowest BCUT2D eigenvalue weighted by molar-refractivity contribution is -0.248. The zero-order chi connectivity index (χ0) is 13.0. The zero-order valence-electron chi connectivity index (χ0n) is 9.57. The summed E-state index contributed by atoms with van der Waals surface area (Å²) in [7, 11) is 1.37. The Morgan fingerprint density at radius 3 is 2.82 bits per heavy atom. The molecule has 4 N–H and O–H groups in total. The van der Waals surface area contributed by atoms with Crippen molar-refractivity contribution >= 4 is 11.7 Å². The molecule has 1 aromatic rings. The Kier molecular flexibility index (Phi) is 4.11. The fourth-order valence-corrected chi connectivity index (χ4v) is 1.30. The van der Waals surface area contributed by atoms with Crippen molar-refractivity contribution in [2.45, 2.75) is 13.5 Å². The molecule has 17 heavy (non-hydrogen) atoms. The van der Waals surface area contributed by atoms with Crippen LogP contribution in [0.1, 0.15) is 11.1 Å². The van der Waals surface area contributed by atoms with Gasteiger partial charge in [0.05, 0.1) is 17.5 Å². The number of hydrogen-bond acceptors (Lipinski definition) is 3. The Morgan fingerprint density at radius 2 is 2.29 bits per heavy atom. The van der Waals surface area contributed by atoms with Crippen molar-refractivity contribution in [1.82, 2.24) is 5.01 Å². The number of anilines is 1. The van der Waals surface area contributed by atoms with Gasteiger partial charge in [-0.2, -0.15) is 5.53 Å². The van der Waals surface area contributed by atoms with E-state index in [4.69, 9.17) is 10.6 Å². The number of aliphatic hydroxyl groups is 1. The lowest BCUT2D eigenvalue weighted by atomic mass is 10.1. The highest BCUT2D eigenvalue weighted by Crippen LogP contribution is 2.22. The Morgan fingerprint density at radius 1 is 1.65 bits per heavy atom. The summed E-state index contributed by atoms with van der Waals surface area (Å²) in [5, 5.41) is 15.7. The molecule has 0 bridgehead atoms. The van der Waals surface area contributed by atoms with E-state index >= 15 is 0 Å². The minimum atomic E-state index is -0.576. The van der Waals surface area contributed by atoms with Gasteiger partial charge >= 0.3 is 6.03 Å². The number of carbonyl (C=O) groups is 1. The van der Waals surface area contributed by atoms with E-state index in [2.05, 4.69) is 10.5 Å². The summed E-state index contributed by atoms with van der Waals surface area (Å²) in [5.74, 6) is -0.441. The summed E-state index contributed by atoms with van der Waals surface area (Å²) in [5.41, 5.74) is 5.87. The summed E-state index contributed by atoms with van der Waals surface area (Å²) < 4.78 is 13.2. The molecule has 0 radical (unpaired) electrons. The van der Waals surface area contributed by atoms with Gasteiger partial charge in [0.1, 0.15) is 12.9 Å². The van der Waals surface area contributed by atoms with Gasteiger partial charge in [0.2, 0.25) is 0 Å². The second kappa shape index (κ2) is 5.35. The number of rotatable bonds is 3. The molecule has 0 aliphatic rings. The number of urea groups is 1. The van der Waals surface area contributed by atoms with Gasteiger partial charge in [0.15, 0.2) is 0 Å². The minimum absolute atomic E-state index is 0.289. The summed E-state index contributed by atoms with van der Waals surface area (Å²) in [6, 6.07) is 2.01. The van der Waals surface area contributed by atoms with Crippen molar-refractivity contribution in [1.29, 1.82) is 0 Å². The molecule has 6 nitrogen and oxygen atoms in total. The molecule has 0 aromatic heterocycles. The third-order valence-corrected chi connectivity index (χ3v) is 2.40. The molecule has 1 rings (SSSR count). The first kappa shape index (κ1) is 13.0. The molecule has 1 aromatic carbocycles. The average Bonchev–Trinajstić information content (AvgIpc) is 2.33. The second-order valence-corrected chi connectivity index (χ2v) is 3.43. The van der Waals surface area contributed by atoms with Crippen molar-refractivity contribution in [3.63, 3.8) is 0 Å². The van der Waals surface area contributed by atoms with Crippen molar-refractivity contribution in [2.24, 2.45) is 5.22 Å². The summed E-state index contributed by atoms with van der Waals surface area (Å²) >= 11 is 0. The van der Waals surface area contributed by atoms with Crippen LogP contribution < -0.4 is 10.8 Å². The van der Waals surface area contributed by atoms with E-state index in [9.17, 15) is 9.18 Å². The molecule has 0 saturated heterocycles. The first-order valence-electron chi connectivity index (χ1n) is 4.85. The van der Waals surface area contributed by atoms with Crippen LogP contribution >= 0.6 is 0 Å². The lowest BCUT2D eigenvalue weighted by Gasteiger charge is -2.12. The molecule has 0 saturated carbocycles. The minimum Gasteiger partial charge on any atom is -0.392 e. The Hall–Kier alpha value is -2.02. The third-order valence-electron chi connectivity index (χ3n) is 2.40. The fourth-order valence-electron chi connectivity index (χ4n) is 1.30. The number of halogens is 1. The van der Waals surface area contributed by atoms with Crippen molar-refractivity contribution < 1.29 is 19.8 Å². The normalized spacial score (nSPS) is 9.88. The van der Waals surface area contributed by atoms with E-state index in [0.29, 0.717) is 11.3 Å². The molecule has 0 atom stereocenters. The van der Waals surface area contributed by atoms with Gasteiger partial charge in [-0.1, -0.05) is 5.01 Å². The van der Waals surface area contributed by atoms with Gasteiger partial charge < -0.3 is 5.11 Å². The number of hydrogen-bond donors (Lipinski definition) is 3. The standard InChI is InChI=1S/C10H13FN4O2/c1-6-7(5-16)9(4-3-8(6)11)13-10(17)15(2)14-12/h3-4,12,16H,5H2,1-2H3,(H,13,17)/p+1. The van der Waals surface area contributed by atoms with E-state index < -0.39 is 11.8 Å². The SMILES string of the molecule is Cc1c(F)ccc(NC(=O)N(C)N=[NH2+])c1CO. The highest BCUT2D eigenvalue weighted by atomic mass is 19.1. The topological polar surface area (TPSA) is 90.5 Å². The number of aliphatic hydroxyl groups excluding tert-OH is 1. The number of nitrogens with two attached hydrogens (primary N) is 1. The lowest BCUT2D eigenvalue weighted by Crippen LogP contribution is -2.37. The molecule has 92 valence electrons. The maximum atomic E-state index is 13.2. The predicted octanol–water partition coefficient (Wildman–Crippen LogP) is 0.216. The molecular weight excluding hydrogens is 227 g/mol. The number of carbonyl (C=O) groups excluding carboxylic acids is 1. The molecule has 0 fully saturated rings. The van der Waals surface area contributed by atoms with Crippen LogP contribution in [0.5, 0.6) is 0 Å². The first-order chi connectivity index (χ1) is 8.01. The molecule has 0 aliphatic heterocycles. The predicted molar refractivity (Wildman–Crippen MR) is 58.2 cm³/mol. The van der Waals surface area contributed by atoms with Gasteiger partial charge in [-0.05, 0) is 24.6 Å². The van der Waals surface area contributed by atoms with Gasteiger partial charge in [-0.25, -0.2) is 9.18 Å². The van der Waals surface area contributed by atoms with Crippen molar-refractivity contribution in [3.8, 4) is 0 Å². The molecule has 0 spiro atoms. The Balaban J connectivity index is 3.03. The average molecular weight is 241 g/mol. The largest absolute Gasteiger partial charge is 0.433 e. The monoisotopic (exact) mass is 241 g/mol. The molecule has 0 aliphatic carbocycles. The number of nitrogens with one attached hydrogen (secondary N) is 1. The van der Waals surface area contributed by atoms with Crippen LogP contribution in [-0.4, -0.2) is 23.2 Å². The summed E-state index contributed by atoms with van der Waals surface area (Å²) in [6.07, 6.45) is 0. The summed E-state index contributed by atoms with van der Waals surface area (Å²) in [6.45, 7) is 1.15. The highest BCUT2D eigenvalue weighted by molar-refractivity contribution is 5.89. The fraction of sp³-hybridized carbons (Fsp3) is 0.300. The van der Waals surface area contributed by atoms with Crippen LogP contribution in [0.3, 0.4) is 0 Å². The van der Waals surface area contributed by atoms with Crippen LogP contribution in [0.15, 0.2) is 17.4 Å². The molecule has 0 unspecified atom stereocenters. The van der Waals surface area contributed by atoms with Crippen LogP contribution in [0.25, 0.3) is 0 Å². The smallest absolute Gasteiger partial charge is 0.392 e. The van der Waals surface area contributed by atoms with E-state index in [1.165, 1.54) is 26.1 Å². The van der Waals surface area contributed by atoms with Crippen LogP contribution in [0, 0.1) is 12.7 Å². The highest BCUT2D eigenvalue weighted by Gasteiger charge is 2.17. The number of amides is 2. The maximum Gasteiger partial charge on any atom is 0.433 e. The van der Waals surface area contributed by atoms with Gasteiger partial charge in [-0.15, -0.1) is 0 Å². The van der Waals surface area contributed by atoms with E-state index in [1.54, 1.807) is 0 Å². The van der Waals surface area contributed by atoms with Gasteiger partial charge in [-0.3, -0.25) is 5.32 Å². The van der Waals surface area contributed by atoms with Crippen molar-refractivity contribution in [2.75, 3.05) is 12.4 Å². The van der Waals surface area contributed by atoms with Crippen LogP contribution in [0.2, 0.25) is 0 Å². The number of benzene rings is 1. The van der Waals surface area contributed by atoms with Crippen molar-refractivity contribution in [3.05, 3.63) is 29.1 Å². The van der Waals surface area contributed by atoms with Crippen LogP contribution in [0.4, 0.5) is 14.9 Å². The Bertz CT molecular complexity index is 450.